The summed E-state index contributed by atoms with van der Waals surface area (Å²) in [5, 5.41) is 0. The normalized spacial score (nSPS) is 24.4. The molecule has 0 spiro atoms. The van der Waals surface area contributed by atoms with Gasteiger partial charge >= 0.3 is 5.97 Å². The summed E-state index contributed by atoms with van der Waals surface area (Å²) in [7, 11) is 1.43. The van der Waals surface area contributed by atoms with Crippen LogP contribution in [0.4, 0.5) is 0 Å². The third-order valence-corrected chi connectivity index (χ3v) is 3.39. The van der Waals surface area contributed by atoms with Crippen LogP contribution in [0.25, 0.3) is 0 Å². The lowest BCUT2D eigenvalue weighted by Gasteiger charge is -2.35. The summed E-state index contributed by atoms with van der Waals surface area (Å²) < 4.78 is 4.79. The number of rotatable bonds is 2. The molecule has 0 saturated heterocycles. The van der Waals surface area contributed by atoms with Crippen LogP contribution in [0.3, 0.4) is 0 Å². The zero-order valence-electron chi connectivity index (χ0n) is 9.19. The van der Waals surface area contributed by atoms with Gasteiger partial charge in [0.15, 0.2) is 0 Å². The van der Waals surface area contributed by atoms with Crippen molar-refractivity contribution in [3.05, 3.63) is 35.4 Å². The lowest BCUT2D eigenvalue weighted by atomic mass is 9.70. The summed E-state index contributed by atoms with van der Waals surface area (Å²) in [5.41, 5.74) is 1.89. The van der Waals surface area contributed by atoms with Gasteiger partial charge in [0, 0.05) is 0 Å². The Morgan fingerprint density at radius 3 is 2.60 bits per heavy atom. The molecular weight excluding hydrogens is 188 g/mol. The molecule has 0 aromatic heterocycles. The van der Waals surface area contributed by atoms with Gasteiger partial charge in [-0.05, 0) is 36.3 Å². The largest absolute Gasteiger partial charge is 0.465 e. The Labute approximate surface area is 90.3 Å². The summed E-state index contributed by atoms with van der Waals surface area (Å²) in [6.07, 6.45) is 2.45. The number of ether oxygens (including phenoxy) is 1. The highest BCUT2D eigenvalue weighted by atomic mass is 16.5. The van der Waals surface area contributed by atoms with Crippen molar-refractivity contribution in [1.29, 1.82) is 0 Å². The third kappa shape index (κ3) is 1.76. The minimum atomic E-state index is -0.218. The molecule has 80 valence electrons. The van der Waals surface area contributed by atoms with Crippen LogP contribution >= 0.6 is 0 Å². The second kappa shape index (κ2) is 4.05. The van der Waals surface area contributed by atoms with Crippen LogP contribution in [0.5, 0.6) is 0 Å². The zero-order valence-corrected chi connectivity index (χ0v) is 9.19. The number of carbonyl (C=O) groups is 1. The lowest BCUT2D eigenvalue weighted by molar-refractivity contribution is 0.0597. The Morgan fingerprint density at radius 2 is 2.07 bits per heavy atom. The molecule has 2 rings (SSSR count). The van der Waals surface area contributed by atoms with Gasteiger partial charge < -0.3 is 4.74 Å². The Morgan fingerprint density at radius 1 is 1.33 bits per heavy atom. The Bertz CT molecular complexity index is 371. The van der Waals surface area contributed by atoms with Crippen LogP contribution in [0.15, 0.2) is 24.3 Å². The lowest BCUT2D eigenvalue weighted by Crippen LogP contribution is -2.23. The molecule has 0 aliphatic heterocycles. The first-order chi connectivity index (χ1) is 7.24. The van der Waals surface area contributed by atoms with Gasteiger partial charge in [-0.1, -0.05) is 25.1 Å². The van der Waals surface area contributed by atoms with Crippen molar-refractivity contribution in [3.8, 4) is 0 Å². The molecular formula is C13H16O2. The summed E-state index contributed by atoms with van der Waals surface area (Å²) in [5.74, 6) is 1.01. The van der Waals surface area contributed by atoms with Crippen molar-refractivity contribution in [2.24, 2.45) is 5.92 Å². The SMILES string of the molecule is COC(=O)c1ccccc1[C@@H]1CC[C@H]1C. The molecule has 1 fully saturated rings. The molecule has 1 aromatic carbocycles. The highest BCUT2D eigenvalue weighted by Gasteiger charge is 2.31. The molecule has 2 atom stereocenters. The second-order valence-electron chi connectivity index (χ2n) is 4.24. The molecule has 2 nitrogen and oxygen atoms in total. The third-order valence-electron chi connectivity index (χ3n) is 3.39. The Balaban J connectivity index is 2.33. The van der Waals surface area contributed by atoms with Gasteiger partial charge in [-0.2, -0.15) is 0 Å². The van der Waals surface area contributed by atoms with Gasteiger partial charge in [0.1, 0.15) is 0 Å². The van der Waals surface area contributed by atoms with Crippen LogP contribution in [0.2, 0.25) is 0 Å². The molecule has 0 amide bonds. The van der Waals surface area contributed by atoms with Crippen molar-refractivity contribution in [2.45, 2.75) is 25.7 Å². The van der Waals surface area contributed by atoms with Gasteiger partial charge in [0.05, 0.1) is 12.7 Å². The van der Waals surface area contributed by atoms with Crippen LogP contribution in [-0.4, -0.2) is 13.1 Å². The minimum Gasteiger partial charge on any atom is -0.465 e. The highest BCUT2D eigenvalue weighted by molar-refractivity contribution is 5.91. The fourth-order valence-electron chi connectivity index (χ4n) is 2.24. The summed E-state index contributed by atoms with van der Waals surface area (Å²) >= 11 is 0. The Kier molecular flexibility index (Phi) is 2.76. The monoisotopic (exact) mass is 204 g/mol. The van der Waals surface area contributed by atoms with E-state index in [0.29, 0.717) is 11.8 Å². The zero-order chi connectivity index (χ0) is 10.8. The van der Waals surface area contributed by atoms with E-state index in [4.69, 9.17) is 4.74 Å². The van der Waals surface area contributed by atoms with Crippen LogP contribution in [0, 0.1) is 5.92 Å². The number of carbonyl (C=O) groups excluding carboxylic acids is 1. The molecule has 0 bridgehead atoms. The maximum atomic E-state index is 11.6. The molecule has 0 N–H and O–H groups in total. The first-order valence-corrected chi connectivity index (χ1v) is 5.41. The summed E-state index contributed by atoms with van der Waals surface area (Å²) in [6.45, 7) is 2.24. The molecule has 1 aliphatic carbocycles. The summed E-state index contributed by atoms with van der Waals surface area (Å²) in [4.78, 5) is 11.6. The van der Waals surface area contributed by atoms with E-state index >= 15 is 0 Å². The average Bonchev–Trinajstić information content (AvgIpc) is 2.27. The number of methoxy groups -OCH3 is 1. The highest BCUT2D eigenvalue weighted by Crippen LogP contribution is 2.43. The van der Waals surface area contributed by atoms with Gasteiger partial charge in [-0.15, -0.1) is 0 Å². The molecule has 0 unspecified atom stereocenters. The minimum absolute atomic E-state index is 0.218. The van der Waals surface area contributed by atoms with Crippen molar-refractivity contribution in [2.75, 3.05) is 7.11 Å². The van der Waals surface area contributed by atoms with E-state index in [1.165, 1.54) is 20.0 Å². The first kappa shape index (κ1) is 10.2. The quantitative estimate of drug-likeness (QED) is 0.692. The van der Waals surface area contributed by atoms with E-state index in [0.717, 1.165) is 11.1 Å². The van der Waals surface area contributed by atoms with Gasteiger partial charge in [-0.25, -0.2) is 4.79 Å². The Hall–Kier alpha value is -1.31. The van der Waals surface area contributed by atoms with Gasteiger partial charge in [0.25, 0.3) is 0 Å². The van der Waals surface area contributed by atoms with Crippen molar-refractivity contribution < 1.29 is 9.53 Å². The number of benzene rings is 1. The number of esters is 1. The molecule has 2 heteroatoms. The first-order valence-electron chi connectivity index (χ1n) is 5.41. The van der Waals surface area contributed by atoms with Crippen LogP contribution in [-0.2, 0) is 4.74 Å². The van der Waals surface area contributed by atoms with E-state index in [9.17, 15) is 4.79 Å². The van der Waals surface area contributed by atoms with Crippen LogP contribution in [0.1, 0.15) is 41.6 Å². The maximum absolute atomic E-state index is 11.6. The molecule has 0 radical (unpaired) electrons. The maximum Gasteiger partial charge on any atom is 0.338 e. The number of hydrogen-bond donors (Lipinski definition) is 0. The van der Waals surface area contributed by atoms with Crippen molar-refractivity contribution >= 4 is 5.97 Å². The number of hydrogen-bond acceptors (Lipinski definition) is 2. The van der Waals surface area contributed by atoms with E-state index < -0.39 is 0 Å². The van der Waals surface area contributed by atoms with Crippen molar-refractivity contribution in [1.82, 2.24) is 0 Å². The van der Waals surface area contributed by atoms with Crippen molar-refractivity contribution in [3.63, 3.8) is 0 Å². The smallest absolute Gasteiger partial charge is 0.338 e. The molecule has 15 heavy (non-hydrogen) atoms. The average molecular weight is 204 g/mol. The van der Waals surface area contributed by atoms with E-state index in [-0.39, 0.29) is 5.97 Å². The standard InChI is InChI=1S/C13H16O2/c1-9-7-8-10(9)11-5-3-4-6-12(11)13(14)15-2/h3-6,9-10H,7-8H2,1-2H3/t9-,10-/m1/s1. The van der Waals surface area contributed by atoms with E-state index in [1.807, 2.05) is 24.3 Å². The summed E-state index contributed by atoms with van der Waals surface area (Å²) in [6, 6.07) is 7.78. The molecule has 1 saturated carbocycles. The van der Waals surface area contributed by atoms with Gasteiger partial charge in [-0.3, -0.25) is 0 Å². The fourth-order valence-corrected chi connectivity index (χ4v) is 2.24. The predicted octanol–water partition coefficient (Wildman–Crippen LogP) is 2.99. The topological polar surface area (TPSA) is 26.3 Å². The predicted molar refractivity (Wildman–Crippen MR) is 58.9 cm³/mol. The van der Waals surface area contributed by atoms with E-state index in [2.05, 4.69) is 6.92 Å². The van der Waals surface area contributed by atoms with Crippen LogP contribution < -0.4 is 0 Å². The fraction of sp³-hybridized carbons (Fsp3) is 0.462. The molecule has 0 heterocycles. The van der Waals surface area contributed by atoms with Gasteiger partial charge in [0.2, 0.25) is 0 Å². The second-order valence-corrected chi connectivity index (χ2v) is 4.24. The molecule has 1 aliphatic rings. The molecule has 1 aromatic rings. The van der Waals surface area contributed by atoms with E-state index in [1.54, 1.807) is 0 Å².